The summed E-state index contributed by atoms with van der Waals surface area (Å²) in [5.41, 5.74) is 6.88. The van der Waals surface area contributed by atoms with Crippen molar-refractivity contribution in [2.75, 3.05) is 18.5 Å². The van der Waals surface area contributed by atoms with Crippen LogP contribution in [-0.2, 0) is 4.74 Å². The van der Waals surface area contributed by atoms with E-state index in [9.17, 15) is 19.5 Å². The van der Waals surface area contributed by atoms with Gasteiger partial charge in [-0.25, -0.2) is 4.39 Å². The Morgan fingerprint density at radius 3 is 3.07 bits per heavy atom. The van der Waals surface area contributed by atoms with E-state index in [1.165, 1.54) is 16.9 Å². The molecule has 30 heavy (non-hydrogen) atoms. The van der Waals surface area contributed by atoms with Crippen molar-refractivity contribution in [3.63, 3.8) is 0 Å². The van der Waals surface area contributed by atoms with Crippen molar-refractivity contribution in [1.29, 1.82) is 5.26 Å². The second kappa shape index (κ2) is 7.81. The number of nitrogens with two attached hydrogens (primary N) is 1. The predicted octanol–water partition coefficient (Wildman–Crippen LogP) is 1.78. The fourth-order valence-electron chi connectivity index (χ4n) is 3.54. The summed E-state index contributed by atoms with van der Waals surface area (Å²) in [5.74, 6) is -1.63. The van der Waals surface area contributed by atoms with Crippen LogP contribution in [0, 0.1) is 23.1 Å². The Hall–Kier alpha value is -3.36. The van der Waals surface area contributed by atoms with Crippen molar-refractivity contribution in [2.45, 2.75) is 19.4 Å². The minimum absolute atomic E-state index is 0.0597. The van der Waals surface area contributed by atoms with Gasteiger partial charge in [0.25, 0.3) is 5.91 Å². The third-order valence-electron chi connectivity index (χ3n) is 5.17. The van der Waals surface area contributed by atoms with Crippen LogP contribution in [0.3, 0.4) is 0 Å². The lowest BCUT2D eigenvalue weighted by molar-refractivity contribution is 0.0342. The predicted molar refractivity (Wildman–Crippen MR) is 106 cm³/mol. The zero-order valence-corrected chi connectivity index (χ0v) is 16.1. The summed E-state index contributed by atoms with van der Waals surface area (Å²) in [5, 5.41) is 26.4. The molecule has 4 rings (SSSR count). The number of hydrogen-bond donors (Lipinski definition) is 3. The summed E-state index contributed by atoms with van der Waals surface area (Å²) in [6.45, 7) is 2.44. The minimum atomic E-state index is -1.20. The highest BCUT2D eigenvalue weighted by atomic mass is 19.1. The molecular formula is C19H19BFN5O4. The Kier molecular flexibility index (Phi) is 5.19. The Labute approximate surface area is 172 Å². The van der Waals surface area contributed by atoms with Crippen LogP contribution in [0.5, 0.6) is 5.75 Å². The Bertz CT molecular complexity index is 1080. The Morgan fingerprint density at radius 1 is 1.53 bits per heavy atom. The first-order valence-corrected chi connectivity index (χ1v) is 9.37. The van der Waals surface area contributed by atoms with Gasteiger partial charge in [0.05, 0.1) is 24.6 Å². The number of ether oxygens (including phenoxy) is 1. The zero-order valence-electron chi connectivity index (χ0n) is 16.1. The molecule has 0 bridgehead atoms. The van der Waals surface area contributed by atoms with Gasteiger partial charge in [-0.15, -0.1) is 0 Å². The van der Waals surface area contributed by atoms with Gasteiger partial charge < -0.3 is 25.5 Å². The highest BCUT2D eigenvalue weighted by molar-refractivity contribution is 6.54. The summed E-state index contributed by atoms with van der Waals surface area (Å²) in [7, 11) is -1.20. The van der Waals surface area contributed by atoms with Gasteiger partial charge in [0.15, 0.2) is 11.6 Å². The monoisotopic (exact) mass is 411 g/mol. The van der Waals surface area contributed by atoms with Gasteiger partial charge in [-0.05, 0) is 24.9 Å². The van der Waals surface area contributed by atoms with Gasteiger partial charge in [0, 0.05) is 30.1 Å². The molecule has 0 radical (unpaired) electrons. The number of benzene rings is 1. The first-order chi connectivity index (χ1) is 14.4. The van der Waals surface area contributed by atoms with Gasteiger partial charge in [-0.3, -0.25) is 9.48 Å². The normalized spacial score (nSPS) is 20.6. The molecule has 4 N–H and O–H groups in total. The molecule has 1 aromatic heterocycles. The molecule has 1 fully saturated rings. The number of primary amides is 1. The van der Waals surface area contributed by atoms with E-state index in [0.717, 1.165) is 0 Å². The van der Waals surface area contributed by atoms with Crippen molar-refractivity contribution in [2.24, 2.45) is 11.7 Å². The van der Waals surface area contributed by atoms with Gasteiger partial charge in [0.2, 0.25) is 0 Å². The minimum Gasteiger partial charge on any atom is -0.530 e. The third kappa shape index (κ3) is 3.63. The second-order valence-corrected chi connectivity index (χ2v) is 7.26. The van der Waals surface area contributed by atoms with Gasteiger partial charge in [-0.2, -0.15) is 10.4 Å². The number of carbonyl (C=O) groups is 1. The molecule has 11 heteroatoms. The fourth-order valence-corrected chi connectivity index (χ4v) is 3.54. The van der Waals surface area contributed by atoms with Gasteiger partial charge in [-0.1, -0.05) is 6.08 Å². The number of aromatic nitrogens is 2. The van der Waals surface area contributed by atoms with E-state index in [2.05, 4.69) is 16.5 Å². The maximum Gasteiger partial charge on any atom is 0.555 e. The highest BCUT2D eigenvalue weighted by Crippen LogP contribution is 2.35. The number of nitriles is 1. The molecule has 2 aromatic rings. The number of carbonyl (C=O) groups excluding carboxylic acids is 1. The molecule has 9 nitrogen and oxygen atoms in total. The van der Waals surface area contributed by atoms with Gasteiger partial charge >= 0.3 is 7.12 Å². The number of amides is 1. The van der Waals surface area contributed by atoms with E-state index in [0.29, 0.717) is 29.8 Å². The molecule has 1 aromatic carbocycles. The van der Waals surface area contributed by atoms with Crippen molar-refractivity contribution in [3.05, 3.63) is 40.7 Å². The quantitative estimate of drug-likeness (QED) is 0.653. The first-order valence-electron chi connectivity index (χ1n) is 9.37. The third-order valence-corrected chi connectivity index (χ3v) is 5.17. The fraction of sp³-hybridized carbons (Fsp3) is 0.316. The Balaban J connectivity index is 1.68. The average Bonchev–Trinajstić information content (AvgIpc) is 3.13. The van der Waals surface area contributed by atoms with E-state index in [4.69, 9.17) is 15.1 Å². The van der Waals surface area contributed by atoms with E-state index in [1.807, 2.05) is 0 Å². The molecular weight excluding hydrogens is 392 g/mol. The van der Waals surface area contributed by atoms with E-state index >= 15 is 0 Å². The molecule has 1 amide bonds. The number of allylic oxidation sites excluding steroid dienone is 1. The second-order valence-electron chi connectivity index (χ2n) is 7.26. The van der Waals surface area contributed by atoms with Crippen LogP contribution in [0.2, 0.25) is 0 Å². The van der Waals surface area contributed by atoms with Crippen molar-refractivity contribution >= 4 is 30.6 Å². The van der Waals surface area contributed by atoms with E-state index in [1.54, 1.807) is 19.1 Å². The topological polar surface area (TPSA) is 135 Å². The summed E-state index contributed by atoms with van der Waals surface area (Å²) < 4.78 is 26.7. The van der Waals surface area contributed by atoms with Crippen LogP contribution >= 0.6 is 0 Å². The van der Waals surface area contributed by atoms with Crippen LogP contribution in [0.1, 0.15) is 35.3 Å². The van der Waals surface area contributed by atoms with Crippen LogP contribution in [-0.4, -0.2) is 41.0 Å². The first kappa shape index (κ1) is 19.9. The standard InChI is InChI=1S/C19H19BFN5O4/c1-10-4-12-5-13(6-15(21)17(12)30-20(10)28)24-19-14(18(23)27)8-26(25-19)16-9-29-3-2-11(16)7-22/h4-6,8,11,16,28H,2-3,9H2,1H3,(H2,23,27)(H,24,25)/t11-,16?/m1/s1. The number of anilines is 2. The summed E-state index contributed by atoms with van der Waals surface area (Å²) >= 11 is 0. The van der Waals surface area contributed by atoms with Crippen LogP contribution in [0.25, 0.3) is 6.08 Å². The maximum absolute atomic E-state index is 14.5. The lowest BCUT2D eigenvalue weighted by Crippen LogP contribution is -2.29. The van der Waals surface area contributed by atoms with Crippen LogP contribution < -0.4 is 15.7 Å². The molecule has 154 valence electrons. The number of nitrogens with zero attached hydrogens (tertiary/aromatic N) is 3. The molecule has 2 atom stereocenters. The lowest BCUT2D eigenvalue weighted by Gasteiger charge is -2.26. The van der Waals surface area contributed by atoms with Crippen LogP contribution in [0.15, 0.2) is 23.8 Å². The molecule has 1 unspecified atom stereocenters. The SMILES string of the molecule is CC1=Cc2cc(Nc3nn(C4COCC[C@@H]4C#N)cc3C(N)=O)cc(F)c2OB1O. The molecule has 0 spiro atoms. The van der Waals surface area contributed by atoms with Crippen molar-refractivity contribution in [1.82, 2.24) is 9.78 Å². The number of hydrogen-bond acceptors (Lipinski definition) is 7. The summed E-state index contributed by atoms with van der Waals surface area (Å²) in [4.78, 5) is 11.9. The van der Waals surface area contributed by atoms with Gasteiger partial charge in [0.1, 0.15) is 11.3 Å². The molecule has 2 aliphatic heterocycles. The van der Waals surface area contributed by atoms with E-state index in [-0.39, 0.29) is 35.7 Å². The number of nitrogens with one attached hydrogen (secondary N) is 1. The largest absolute Gasteiger partial charge is 0.555 e. The van der Waals surface area contributed by atoms with Crippen LogP contribution in [0.4, 0.5) is 15.9 Å². The maximum atomic E-state index is 14.5. The van der Waals surface area contributed by atoms with E-state index < -0.39 is 18.8 Å². The lowest BCUT2D eigenvalue weighted by atomic mass is 9.76. The molecule has 3 heterocycles. The average molecular weight is 411 g/mol. The summed E-state index contributed by atoms with van der Waals surface area (Å²) in [6, 6.07) is 4.66. The molecule has 1 saturated heterocycles. The molecule has 0 aliphatic carbocycles. The summed E-state index contributed by atoms with van der Waals surface area (Å²) in [6.07, 6.45) is 3.64. The highest BCUT2D eigenvalue weighted by Gasteiger charge is 2.30. The van der Waals surface area contributed by atoms with Crippen molar-refractivity contribution < 1.29 is 23.6 Å². The number of rotatable bonds is 4. The zero-order chi connectivity index (χ0) is 21.4. The molecule has 2 aliphatic rings. The Morgan fingerprint density at radius 2 is 2.33 bits per heavy atom. The van der Waals surface area contributed by atoms with Crippen molar-refractivity contribution in [3.8, 4) is 11.8 Å². The molecule has 0 saturated carbocycles. The smallest absolute Gasteiger partial charge is 0.530 e. The number of fused-ring (bicyclic) bond motifs is 1. The number of halogens is 1.